The Morgan fingerprint density at radius 2 is 2.00 bits per heavy atom. The van der Waals surface area contributed by atoms with Crippen LogP contribution in [0.25, 0.3) is 5.65 Å². The van der Waals surface area contributed by atoms with Crippen LogP contribution in [0.15, 0.2) is 55.4 Å². The normalized spacial score (nSPS) is 10.8. The summed E-state index contributed by atoms with van der Waals surface area (Å²) in [6.45, 7) is 1.89. The largest absolute Gasteiger partial charge is 0.462 e. The quantitative estimate of drug-likeness (QED) is 0.479. The molecule has 0 N–H and O–H groups in total. The van der Waals surface area contributed by atoms with Crippen LogP contribution in [0.1, 0.15) is 27.8 Å². The molecule has 0 aliphatic carbocycles. The number of anilines is 2. The summed E-state index contributed by atoms with van der Waals surface area (Å²) < 4.78 is 7.98. The fourth-order valence-electron chi connectivity index (χ4n) is 2.96. The molecule has 0 saturated heterocycles. The van der Waals surface area contributed by atoms with Crippen molar-refractivity contribution in [3.63, 3.8) is 0 Å². The fraction of sp³-hybridized carbons (Fsp3) is 0.158. The Bertz CT molecular complexity index is 1180. The van der Waals surface area contributed by atoms with Crippen molar-refractivity contribution in [2.24, 2.45) is 7.05 Å². The number of aryl methyl sites for hydroxylation is 1. The molecule has 10 nitrogen and oxygen atoms in total. The Morgan fingerprint density at radius 1 is 1.14 bits per heavy atom. The summed E-state index contributed by atoms with van der Waals surface area (Å²) in [4.78, 5) is 35.6. The fourth-order valence-corrected chi connectivity index (χ4v) is 2.96. The Labute approximate surface area is 165 Å². The monoisotopic (exact) mass is 391 g/mol. The van der Waals surface area contributed by atoms with Crippen LogP contribution in [-0.2, 0) is 11.8 Å². The van der Waals surface area contributed by atoms with Crippen molar-refractivity contribution in [3.8, 4) is 0 Å². The Kier molecular flexibility index (Phi) is 4.73. The van der Waals surface area contributed by atoms with E-state index in [0.29, 0.717) is 17.0 Å². The van der Waals surface area contributed by atoms with Crippen molar-refractivity contribution in [2.75, 3.05) is 11.5 Å². The van der Waals surface area contributed by atoms with Crippen molar-refractivity contribution in [2.45, 2.75) is 6.92 Å². The molecule has 4 rings (SSSR count). The lowest BCUT2D eigenvalue weighted by atomic mass is 10.2. The van der Waals surface area contributed by atoms with Gasteiger partial charge in [0.1, 0.15) is 17.6 Å². The molecule has 4 heterocycles. The number of esters is 1. The van der Waals surface area contributed by atoms with E-state index in [-0.39, 0.29) is 17.9 Å². The van der Waals surface area contributed by atoms with Crippen LogP contribution in [0.2, 0.25) is 0 Å². The summed E-state index contributed by atoms with van der Waals surface area (Å²) >= 11 is 0. The number of hydrogen-bond donors (Lipinski definition) is 0. The smallest absolute Gasteiger partial charge is 0.342 e. The van der Waals surface area contributed by atoms with Gasteiger partial charge in [0.05, 0.1) is 36.6 Å². The third-order valence-electron chi connectivity index (χ3n) is 4.26. The third kappa shape index (κ3) is 3.31. The highest BCUT2D eigenvalue weighted by atomic mass is 16.5. The Morgan fingerprint density at radius 3 is 2.76 bits per heavy atom. The molecule has 0 unspecified atom stereocenters. The maximum absolute atomic E-state index is 13.6. The summed E-state index contributed by atoms with van der Waals surface area (Å²) in [6.07, 6.45) is 7.60. The van der Waals surface area contributed by atoms with Gasteiger partial charge in [-0.2, -0.15) is 10.2 Å². The van der Waals surface area contributed by atoms with Crippen molar-refractivity contribution >= 4 is 28.9 Å². The minimum Gasteiger partial charge on any atom is -0.462 e. The molecule has 1 amide bonds. The number of amides is 1. The van der Waals surface area contributed by atoms with Gasteiger partial charge in [-0.3, -0.25) is 19.4 Å². The summed E-state index contributed by atoms with van der Waals surface area (Å²) in [5, 5.41) is 8.20. The van der Waals surface area contributed by atoms with Gasteiger partial charge in [-0.05, 0) is 31.2 Å². The zero-order chi connectivity index (χ0) is 20.4. The minimum absolute atomic E-state index is 0.0927. The molecule has 0 saturated carbocycles. The number of ether oxygens (including phenoxy) is 1. The van der Waals surface area contributed by atoms with Gasteiger partial charge >= 0.3 is 5.97 Å². The lowest BCUT2D eigenvalue weighted by Gasteiger charge is -2.23. The first-order valence-electron chi connectivity index (χ1n) is 8.83. The molecule has 146 valence electrons. The van der Waals surface area contributed by atoms with E-state index in [1.807, 2.05) is 0 Å². The third-order valence-corrected chi connectivity index (χ3v) is 4.26. The summed E-state index contributed by atoms with van der Waals surface area (Å²) in [7, 11) is 1.60. The predicted octanol–water partition coefficient (Wildman–Crippen LogP) is 2.01. The van der Waals surface area contributed by atoms with Crippen molar-refractivity contribution in [1.82, 2.24) is 29.4 Å². The van der Waals surface area contributed by atoms with E-state index in [9.17, 15) is 9.59 Å². The summed E-state index contributed by atoms with van der Waals surface area (Å²) in [6, 6.07) is 6.96. The van der Waals surface area contributed by atoms with E-state index in [1.165, 1.54) is 22.1 Å². The van der Waals surface area contributed by atoms with Crippen molar-refractivity contribution in [1.29, 1.82) is 0 Å². The zero-order valence-electron chi connectivity index (χ0n) is 15.8. The first kappa shape index (κ1) is 18.3. The van der Waals surface area contributed by atoms with Crippen LogP contribution in [0.3, 0.4) is 0 Å². The van der Waals surface area contributed by atoms with Crippen LogP contribution >= 0.6 is 0 Å². The molecule has 0 spiro atoms. The summed E-state index contributed by atoms with van der Waals surface area (Å²) in [5.74, 6) is -1.07. The highest BCUT2D eigenvalue weighted by Crippen LogP contribution is 2.28. The van der Waals surface area contributed by atoms with Crippen molar-refractivity contribution < 1.29 is 14.3 Å². The minimum atomic E-state index is -0.609. The first-order valence-corrected chi connectivity index (χ1v) is 8.83. The molecule has 4 aromatic rings. The van der Waals surface area contributed by atoms with E-state index < -0.39 is 11.9 Å². The van der Waals surface area contributed by atoms with Crippen molar-refractivity contribution in [3.05, 3.63) is 66.6 Å². The highest BCUT2D eigenvalue weighted by Gasteiger charge is 2.29. The van der Waals surface area contributed by atoms with Gasteiger partial charge in [-0.25, -0.2) is 14.3 Å². The predicted molar refractivity (Wildman–Crippen MR) is 103 cm³/mol. The van der Waals surface area contributed by atoms with Crippen LogP contribution in [0, 0.1) is 0 Å². The highest BCUT2D eigenvalue weighted by molar-refractivity contribution is 6.14. The molecule has 0 atom stereocenters. The van der Waals surface area contributed by atoms with Gasteiger partial charge in [0.25, 0.3) is 5.91 Å². The lowest BCUT2D eigenvalue weighted by Crippen LogP contribution is -2.30. The van der Waals surface area contributed by atoms with E-state index in [1.54, 1.807) is 61.3 Å². The molecule has 4 aromatic heterocycles. The van der Waals surface area contributed by atoms with E-state index >= 15 is 0 Å². The SMILES string of the molecule is CCOC(=O)c1cnn(C)c1C(=O)N(c1cccnc1)c1ccc2ncnn2c1. The number of nitrogens with zero attached hydrogens (tertiary/aromatic N) is 7. The average Bonchev–Trinajstić information content (AvgIpc) is 3.35. The van der Waals surface area contributed by atoms with Crippen LogP contribution in [-0.4, -0.2) is 47.8 Å². The van der Waals surface area contributed by atoms with E-state index in [0.717, 1.165) is 0 Å². The van der Waals surface area contributed by atoms with Gasteiger partial charge in [-0.1, -0.05) is 0 Å². The molecule has 0 fully saturated rings. The van der Waals surface area contributed by atoms with E-state index in [4.69, 9.17) is 4.74 Å². The Balaban J connectivity index is 1.85. The molecule has 10 heteroatoms. The van der Waals surface area contributed by atoms with E-state index in [2.05, 4.69) is 20.2 Å². The van der Waals surface area contributed by atoms with Crippen LogP contribution in [0.5, 0.6) is 0 Å². The van der Waals surface area contributed by atoms with Gasteiger partial charge in [0.15, 0.2) is 5.65 Å². The number of fused-ring (bicyclic) bond motifs is 1. The molecular weight excluding hydrogens is 374 g/mol. The van der Waals surface area contributed by atoms with Gasteiger partial charge < -0.3 is 4.74 Å². The van der Waals surface area contributed by atoms with Crippen LogP contribution < -0.4 is 4.90 Å². The Hall–Kier alpha value is -4.08. The molecule has 0 radical (unpaired) electrons. The number of rotatable bonds is 5. The summed E-state index contributed by atoms with van der Waals surface area (Å²) in [5.41, 5.74) is 1.88. The maximum Gasteiger partial charge on any atom is 0.342 e. The zero-order valence-corrected chi connectivity index (χ0v) is 15.8. The first-order chi connectivity index (χ1) is 14.1. The molecule has 29 heavy (non-hydrogen) atoms. The molecule has 0 bridgehead atoms. The number of pyridine rings is 2. The maximum atomic E-state index is 13.6. The van der Waals surface area contributed by atoms with Gasteiger partial charge in [-0.15, -0.1) is 0 Å². The second-order valence-corrected chi connectivity index (χ2v) is 6.05. The van der Waals surface area contributed by atoms with Gasteiger partial charge in [0.2, 0.25) is 0 Å². The number of aromatic nitrogens is 6. The van der Waals surface area contributed by atoms with Crippen LogP contribution in [0.4, 0.5) is 11.4 Å². The second-order valence-electron chi connectivity index (χ2n) is 6.05. The number of hydrogen-bond acceptors (Lipinski definition) is 7. The molecule has 0 aliphatic rings. The second kappa shape index (κ2) is 7.50. The number of carbonyl (C=O) groups is 2. The lowest BCUT2D eigenvalue weighted by molar-refractivity contribution is 0.0523. The van der Waals surface area contributed by atoms with Gasteiger partial charge in [0, 0.05) is 13.2 Å². The topological polar surface area (TPSA) is 108 Å². The average molecular weight is 391 g/mol. The molecule has 0 aromatic carbocycles. The molecule has 0 aliphatic heterocycles. The standard InChI is InChI=1S/C19H17N7O3/c1-3-29-19(28)15-10-22-24(2)17(15)18(27)26(13-5-4-8-20-9-13)14-6-7-16-21-12-23-25(16)11-14/h4-12H,3H2,1-2H3. The number of carbonyl (C=O) groups excluding carboxylic acids is 2. The molecular formula is C19H17N7O3.